The van der Waals surface area contributed by atoms with Gasteiger partial charge in [0.15, 0.2) is 0 Å². The molecule has 2 aromatic carbocycles. The Balaban J connectivity index is 1.81. The first-order valence-electron chi connectivity index (χ1n) is 9.84. The Morgan fingerprint density at radius 1 is 1.00 bits per heavy atom. The van der Waals surface area contributed by atoms with Gasteiger partial charge in [-0.05, 0) is 49.1 Å². The average Bonchev–Trinajstić information content (AvgIpc) is 3.21. The number of aryl methyl sites for hydroxylation is 1. The van der Waals surface area contributed by atoms with E-state index in [9.17, 15) is 9.00 Å². The molecule has 4 heteroatoms. The number of nitrogens with zero attached hydrogens (tertiary/aromatic N) is 1. The molecule has 146 valence electrons. The van der Waals surface area contributed by atoms with Gasteiger partial charge in [0.1, 0.15) is 15.8 Å². The second-order valence-electron chi connectivity index (χ2n) is 7.15. The van der Waals surface area contributed by atoms with Crippen molar-refractivity contribution in [3.63, 3.8) is 0 Å². The predicted octanol–water partition coefficient (Wildman–Crippen LogP) is 5.97. The topological polar surface area (TPSA) is 39.1 Å². The van der Waals surface area contributed by atoms with Crippen molar-refractivity contribution in [1.29, 1.82) is 0 Å². The lowest BCUT2D eigenvalue weighted by Gasteiger charge is -2.17. The number of carbonyl (C=O) groups is 1. The van der Waals surface area contributed by atoms with Crippen LogP contribution < -0.4 is 0 Å². The number of hydrogen-bond acceptors (Lipinski definition) is 2. The summed E-state index contributed by atoms with van der Waals surface area (Å²) in [5.41, 5.74) is 2.31. The van der Waals surface area contributed by atoms with Crippen molar-refractivity contribution >= 4 is 16.7 Å². The van der Waals surface area contributed by atoms with Crippen LogP contribution in [0.1, 0.15) is 54.4 Å². The van der Waals surface area contributed by atoms with Gasteiger partial charge < -0.3 is 0 Å². The molecule has 0 saturated carbocycles. The van der Waals surface area contributed by atoms with E-state index in [2.05, 4.69) is 19.1 Å². The summed E-state index contributed by atoms with van der Waals surface area (Å²) in [5, 5.41) is 0.538. The number of benzene rings is 2. The van der Waals surface area contributed by atoms with Crippen molar-refractivity contribution in [2.45, 2.75) is 55.4 Å². The Labute approximate surface area is 169 Å². The molecule has 2 atom stereocenters. The van der Waals surface area contributed by atoms with Crippen LogP contribution in [0.4, 0.5) is 0 Å². The minimum absolute atomic E-state index is 0.00887. The fraction of sp³-hybridized carbons (Fsp3) is 0.292. The molecule has 3 aromatic rings. The minimum atomic E-state index is -1.38. The Bertz CT molecular complexity index is 929. The molecule has 0 radical (unpaired) electrons. The highest BCUT2D eigenvalue weighted by Crippen LogP contribution is 2.27. The number of unbranched alkanes of at least 4 members (excludes halogenated alkanes) is 1. The quantitative estimate of drug-likeness (QED) is 0.473. The summed E-state index contributed by atoms with van der Waals surface area (Å²) in [4.78, 5) is 13.8. The fourth-order valence-electron chi connectivity index (χ4n) is 3.38. The lowest BCUT2D eigenvalue weighted by atomic mass is 9.90. The van der Waals surface area contributed by atoms with Gasteiger partial charge in [-0.15, -0.1) is 0 Å². The first-order valence-corrected chi connectivity index (χ1v) is 11.0. The summed E-state index contributed by atoms with van der Waals surface area (Å²) in [6.45, 7) is 4.16. The lowest BCUT2D eigenvalue weighted by molar-refractivity contribution is 0.0881. The average molecular weight is 394 g/mol. The molecule has 28 heavy (non-hydrogen) atoms. The maximum Gasteiger partial charge on any atom is 0.232 e. The third kappa shape index (κ3) is 4.87. The Hall–Kier alpha value is -2.46. The molecule has 0 aliphatic carbocycles. The van der Waals surface area contributed by atoms with Crippen LogP contribution in [0.15, 0.2) is 82.8 Å². The van der Waals surface area contributed by atoms with Crippen LogP contribution in [0.25, 0.3) is 0 Å². The van der Waals surface area contributed by atoms with Crippen LogP contribution in [0, 0.1) is 6.92 Å². The van der Waals surface area contributed by atoms with Crippen molar-refractivity contribution in [1.82, 2.24) is 4.57 Å². The molecular formula is C24H27NO2S. The smallest absolute Gasteiger partial charge is 0.232 e. The molecule has 1 aromatic heterocycles. The second-order valence-corrected chi connectivity index (χ2v) is 8.57. The minimum Gasteiger partial charge on any atom is -0.279 e. The number of carbonyl (C=O) groups excluding carboxylic acids is 1. The number of hydrogen-bond donors (Lipinski definition) is 0. The van der Waals surface area contributed by atoms with E-state index in [4.69, 9.17) is 0 Å². The van der Waals surface area contributed by atoms with E-state index >= 15 is 0 Å². The highest BCUT2D eigenvalue weighted by molar-refractivity contribution is 7.85. The zero-order valence-corrected chi connectivity index (χ0v) is 17.3. The van der Waals surface area contributed by atoms with Gasteiger partial charge in [0, 0.05) is 17.5 Å². The molecule has 3 nitrogen and oxygen atoms in total. The van der Waals surface area contributed by atoms with Gasteiger partial charge in [0.2, 0.25) is 5.91 Å². The van der Waals surface area contributed by atoms with Gasteiger partial charge in [-0.25, -0.2) is 4.21 Å². The van der Waals surface area contributed by atoms with Gasteiger partial charge >= 0.3 is 0 Å². The lowest BCUT2D eigenvalue weighted by Crippen LogP contribution is -2.17. The zero-order chi connectivity index (χ0) is 19.9. The Kier molecular flexibility index (Phi) is 6.99. The summed E-state index contributed by atoms with van der Waals surface area (Å²) < 4.78 is 14.6. The first kappa shape index (κ1) is 20.3. The Morgan fingerprint density at radius 2 is 1.71 bits per heavy atom. The van der Waals surface area contributed by atoms with Crippen LogP contribution in [-0.2, 0) is 10.8 Å². The van der Waals surface area contributed by atoms with Gasteiger partial charge in [-0.2, -0.15) is 0 Å². The highest BCUT2D eigenvalue weighted by Gasteiger charge is 2.20. The first-order chi connectivity index (χ1) is 13.6. The molecule has 1 heterocycles. The van der Waals surface area contributed by atoms with Crippen LogP contribution in [0.3, 0.4) is 0 Å². The third-order valence-electron chi connectivity index (χ3n) is 5.00. The van der Waals surface area contributed by atoms with E-state index in [1.165, 1.54) is 5.56 Å². The maximum atomic E-state index is 13.1. The van der Waals surface area contributed by atoms with Crippen molar-refractivity contribution in [3.05, 3.63) is 84.1 Å². The van der Waals surface area contributed by atoms with E-state index in [-0.39, 0.29) is 11.8 Å². The zero-order valence-electron chi connectivity index (χ0n) is 16.5. The monoisotopic (exact) mass is 393 g/mol. The third-order valence-corrected chi connectivity index (χ3v) is 6.42. The summed E-state index contributed by atoms with van der Waals surface area (Å²) in [5.74, 6) is 0.169. The molecule has 0 aliphatic rings. The second kappa shape index (κ2) is 9.65. The van der Waals surface area contributed by atoms with Crippen LogP contribution in [0.2, 0.25) is 0 Å². The maximum absolute atomic E-state index is 13.1. The molecule has 0 bridgehead atoms. The molecule has 0 aliphatic heterocycles. The van der Waals surface area contributed by atoms with E-state index in [1.807, 2.05) is 49.4 Å². The van der Waals surface area contributed by atoms with Gasteiger partial charge in [-0.3, -0.25) is 9.36 Å². The largest absolute Gasteiger partial charge is 0.279 e. The van der Waals surface area contributed by atoms with Crippen molar-refractivity contribution in [3.8, 4) is 0 Å². The van der Waals surface area contributed by atoms with E-state index in [0.29, 0.717) is 16.3 Å². The van der Waals surface area contributed by atoms with E-state index in [0.717, 1.165) is 24.8 Å². The number of rotatable bonds is 8. The van der Waals surface area contributed by atoms with Crippen molar-refractivity contribution in [2.75, 3.05) is 0 Å². The normalized spacial score (nSPS) is 13.2. The fourth-order valence-corrected chi connectivity index (χ4v) is 4.54. The summed E-state index contributed by atoms with van der Waals surface area (Å²) in [6, 6.07) is 21.4. The standard InChI is InChI=1S/C24H27NO2S/c1-3-4-9-21(20-10-6-5-7-11-20)18-23(26)25-17-8-12-24(25)28(27)22-15-13-19(2)14-16-22/h5-8,10-17,21H,3-4,9,18H2,1-2H3/t21-,28?/m1/s1. The Morgan fingerprint density at radius 3 is 2.39 bits per heavy atom. The molecular weight excluding hydrogens is 366 g/mol. The summed E-state index contributed by atoms with van der Waals surface area (Å²) in [6.07, 6.45) is 5.30. The SMILES string of the molecule is CCCC[C@H](CC(=O)n1cccc1S(=O)c1ccc(C)cc1)c1ccccc1. The summed E-state index contributed by atoms with van der Waals surface area (Å²) in [7, 11) is -1.38. The van der Waals surface area contributed by atoms with Crippen LogP contribution in [0.5, 0.6) is 0 Å². The molecule has 0 saturated heterocycles. The van der Waals surface area contributed by atoms with Gasteiger partial charge in [-0.1, -0.05) is 67.8 Å². The number of aromatic nitrogens is 1. The van der Waals surface area contributed by atoms with Gasteiger partial charge in [0.25, 0.3) is 0 Å². The van der Waals surface area contributed by atoms with E-state index < -0.39 is 10.8 Å². The molecule has 0 spiro atoms. The molecule has 0 fully saturated rings. The molecule has 0 amide bonds. The van der Waals surface area contributed by atoms with E-state index in [1.54, 1.807) is 22.9 Å². The molecule has 0 N–H and O–H groups in total. The molecule has 1 unspecified atom stereocenters. The molecule has 3 rings (SSSR count). The van der Waals surface area contributed by atoms with Crippen molar-refractivity contribution < 1.29 is 9.00 Å². The summed E-state index contributed by atoms with van der Waals surface area (Å²) >= 11 is 0. The van der Waals surface area contributed by atoms with Crippen LogP contribution >= 0.6 is 0 Å². The van der Waals surface area contributed by atoms with Crippen LogP contribution in [-0.4, -0.2) is 14.7 Å². The van der Waals surface area contributed by atoms with Crippen molar-refractivity contribution in [2.24, 2.45) is 0 Å². The van der Waals surface area contributed by atoms with Gasteiger partial charge in [0.05, 0.1) is 0 Å². The predicted molar refractivity (Wildman–Crippen MR) is 114 cm³/mol. The highest BCUT2D eigenvalue weighted by atomic mass is 32.2.